The summed E-state index contributed by atoms with van der Waals surface area (Å²) in [6.45, 7) is 3.83. The molecule has 2 aromatic rings. The highest BCUT2D eigenvalue weighted by Gasteiger charge is 2.14. The predicted molar refractivity (Wildman–Crippen MR) is 92.0 cm³/mol. The molecule has 23 heavy (non-hydrogen) atoms. The third-order valence-electron chi connectivity index (χ3n) is 3.30. The zero-order valence-corrected chi connectivity index (χ0v) is 14.4. The Morgan fingerprint density at radius 3 is 2.74 bits per heavy atom. The van der Waals surface area contributed by atoms with Gasteiger partial charge in [0, 0.05) is 22.7 Å². The van der Waals surface area contributed by atoms with Gasteiger partial charge >= 0.3 is 0 Å². The van der Waals surface area contributed by atoms with E-state index in [0.29, 0.717) is 5.75 Å². The number of thiazole rings is 1. The highest BCUT2D eigenvalue weighted by atomic mass is 32.1. The fraction of sp³-hybridized carbons (Fsp3) is 0.294. The van der Waals surface area contributed by atoms with Crippen LogP contribution in [0, 0.1) is 6.92 Å². The Balaban J connectivity index is 2.07. The molecular formula is C17H20N2O3S. The monoisotopic (exact) mass is 332 g/mol. The van der Waals surface area contributed by atoms with Crippen LogP contribution in [-0.2, 0) is 4.79 Å². The van der Waals surface area contributed by atoms with Gasteiger partial charge in [0.25, 0.3) is 0 Å². The zero-order chi connectivity index (χ0) is 16.8. The van der Waals surface area contributed by atoms with Crippen LogP contribution in [0.5, 0.6) is 11.5 Å². The van der Waals surface area contributed by atoms with Gasteiger partial charge in [-0.15, -0.1) is 11.3 Å². The number of amides is 1. The number of hydrogen-bond acceptors (Lipinski definition) is 5. The van der Waals surface area contributed by atoms with Crippen molar-refractivity contribution in [1.29, 1.82) is 0 Å². The smallest absolute Gasteiger partial charge is 0.244 e. The first-order valence-corrected chi connectivity index (χ1v) is 7.98. The van der Waals surface area contributed by atoms with Crippen LogP contribution in [0.3, 0.4) is 0 Å². The van der Waals surface area contributed by atoms with Gasteiger partial charge in [0.05, 0.1) is 25.3 Å². The first-order valence-electron chi connectivity index (χ1n) is 7.16. The molecule has 0 saturated carbocycles. The molecular weight excluding hydrogens is 312 g/mol. The summed E-state index contributed by atoms with van der Waals surface area (Å²) in [6.07, 6.45) is 5.02. The first-order chi connectivity index (χ1) is 11.0. The number of benzene rings is 1. The number of aryl methyl sites for hydroxylation is 1. The van der Waals surface area contributed by atoms with Crippen molar-refractivity contribution in [2.75, 3.05) is 14.2 Å². The average molecular weight is 332 g/mol. The van der Waals surface area contributed by atoms with Crippen LogP contribution in [0.1, 0.15) is 28.4 Å². The number of nitrogens with zero attached hydrogens (tertiary/aromatic N) is 1. The number of rotatable bonds is 6. The number of hydrogen-bond donors (Lipinski definition) is 1. The maximum Gasteiger partial charge on any atom is 0.244 e. The maximum atomic E-state index is 12.1. The zero-order valence-electron chi connectivity index (χ0n) is 13.6. The lowest BCUT2D eigenvalue weighted by atomic mass is 10.1. The van der Waals surface area contributed by atoms with Gasteiger partial charge in [-0.1, -0.05) is 0 Å². The van der Waals surface area contributed by atoms with Crippen molar-refractivity contribution < 1.29 is 14.3 Å². The molecule has 2 rings (SSSR count). The number of carbonyl (C=O) groups excluding carboxylic acids is 1. The minimum atomic E-state index is -0.208. The number of nitrogens with one attached hydrogen (secondary N) is 1. The van der Waals surface area contributed by atoms with Gasteiger partial charge in [-0.2, -0.15) is 0 Å². The van der Waals surface area contributed by atoms with E-state index < -0.39 is 0 Å². The largest absolute Gasteiger partial charge is 0.497 e. The number of carbonyl (C=O) groups is 1. The molecule has 5 nitrogen and oxygen atoms in total. The van der Waals surface area contributed by atoms with E-state index >= 15 is 0 Å². The summed E-state index contributed by atoms with van der Waals surface area (Å²) < 4.78 is 10.6. The third kappa shape index (κ3) is 4.56. The Hall–Kier alpha value is -2.34. The normalized spacial score (nSPS) is 12.2. The lowest BCUT2D eigenvalue weighted by Crippen LogP contribution is -2.25. The van der Waals surface area contributed by atoms with Gasteiger partial charge in [0.15, 0.2) is 0 Å². The van der Waals surface area contributed by atoms with E-state index in [9.17, 15) is 4.79 Å². The number of aromatic nitrogens is 1. The molecule has 1 heterocycles. The Bertz CT molecular complexity index is 710. The van der Waals surface area contributed by atoms with Gasteiger partial charge in [-0.3, -0.25) is 4.79 Å². The summed E-state index contributed by atoms with van der Waals surface area (Å²) >= 11 is 1.54. The number of methoxy groups -OCH3 is 2. The Labute approximate surface area is 140 Å². The van der Waals surface area contributed by atoms with E-state index in [0.717, 1.165) is 21.2 Å². The average Bonchev–Trinajstić information content (AvgIpc) is 2.97. The van der Waals surface area contributed by atoms with Crippen LogP contribution >= 0.6 is 11.3 Å². The fourth-order valence-electron chi connectivity index (χ4n) is 2.13. The lowest BCUT2D eigenvalue weighted by molar-refractivity contribution is -0.117. The van der Waals surface area contributed by atoms with Gasteiger partial charge < -0.3 is 14.8 Å². The molecule has 1 N–H and O–H groups in total. The van der Waals surface area contributed by atoms with Crippen molar-refractivity contribution >= 4 is 23.3 Å². The van der Waals surface area contributed by atoms with Crippen molar-refractivity contribution in [2.24, 2.45) is 0 Å². The van der Waals surface area contributed by atoms with Crippen LogP contribution in [0.25, 0.3) is 6.08 Å². The van der Waals surface area contributed by atoms with Gasteiger partial charge in [-0.25, -0.2) is 4.98 Å². The van der Waals surface area contributed by atoms with Gasteiger partial charge in [0.1, 0.15) is 11.5 Å². The first kappa shape index (κ1) is 17.0. The minimum absolute atomic E-state index is 0.173. The maximum absolute atomic E-state index is 12.1. The molecule has 1 aromatic heterocycles. The van der Waals surface area contributed by atoms with Gasteiger partial charge in [0.2, 0.25) is 5.91 Å². The van der Waals surface area contributed by atoms with Crippen molar-refractivity contribution in [2.45, 2.75) is 19.9 Å². The van der Waals surface area contributed by atoms with E-state index in [1.807, 2.05) is 32.0 Å². The molecule has 1 amide bonds. The molecule has 6 heteroatoms. The summed E-state index contributed by atoms with van der Waals surface area (Å²) in [5.41, 5.74) is 0.863. The standard InChI is InChI=1S/C17H20N2O3S/c1-11(15-9-13(21-3)5-7-16(15)22-4)19-17(20)8-6-14-10-18-12(2)23-14/h5-11H,1-4H3,(H,19,20)/b8-6+/t11-/m0/s1. The molecule has 0 saturated heterocycles. The van der Waals surface area contributed by atoms with Crippen molar-refractivity contribution in [3.8, 4) is 11.5 Å². The number of ether oxygens (including phenoxy) is 2. The molecule has 122 valence electrons. The third-order valence-corrected chi connectivity index (χ3v) is 4.18. The second kappa shape index (κ2) is 7.78. The van der Waals surface area contributed by atoms with Crippen molar-refractivity contribution in [3.05, 3.63) is 45.9 Å². The van der Waals surface area contributed by atoms with E-state index in [-0.39, 0.29) is 11.9 Å². The minimum Gasteiger partial charge on any atom is -0.497 e. The SMILES string of the molecule is COc1ccc(OC)c([C@H](C)NC(=O)/C=C/c2cnc(C)s2)c1. The van der Waals surface area contributed by atoms with E-state index in [4.69, 9.17) is 9.47 Å². The fourth-order valence-corrected chi connectivity index (χ4v) is 2.82. The Morgan fingerprint density at radius 2 is 2.13 bits per heavy atom. The Kier molecular flexibility index (Phi) is 5.76. The van der Waals surface area contributed by atoms with E-state index in [2.05, 4.69) is 10.3 Å². The molecule has 0 aliphatic rings. The molecule has 0 aliphatic heterocycles. The molecule has 0 spiro atoms. The van der Waals surface area contributed by atoms with Crippen LogP contribution in [0.15, 0.2) is 30.5 Å². The van der Waals surface area contributed by atoms with Crippen molar-refractivity contribution in [1.82, 2.24) is 10.3 Å². The molecule has 1 aromatic carbocycles. The molecule has 0 radical (unpaired) electrons. The highest BCUT2D eigenvalue weighted by Crippen LogP contribution is 2.29. The molecule has 0 bridgehead atoms. The second-order valence-electron chi connectivity index (χ2n) is 4.95. The molecule has 1 atom stereocenters. The molecule has 0 fully saturated rings. The van der Waals surface area contributed by atoms with E-state index in [1.165, 1.54) is 6.08 Å². The van der Waals surface area contributed by atoms with Crippen LogP contribution < -0.4 is 14.8 Å². The summed E-state index contributed by atoms with van der Waals surface area (Å²) in [7, 11) is 3.21. The van der Waals surface area contributed by atoms with Crippen LogP contribution in [-0.4, -0.2) is 25.1 Å². The quantitative estimate of drug-likeness (QED) is 0.824. The summed E-state index contributed by atoms with van der Waals surface area (Å²) in [5, 5.41) is 3.89. The Morgan fingerprint density at radius 1 is 1.35 bits per heavy atom. The van der Waals surface area contributed by atoms with Crippen LogP contribution in [0.4, 0.5) is 0 Å². The lowest BCUT2D eigenvalue weighted by Gasteiger charge is -2.17. The van der Waals surface area contributed by atoms with Crippen molar-refractivity contribution in [3.63, 3.8) is 0 Å². The summed E-state index contributed by atoms with van der Waals surface area (Å²) in [5.74, 6) is 1.26. The van der Waals surface area contributed by atoms with E-state index in [1.54, 1.807) is 37.8 Å². The topological polar surface area (TPSA) is 60.5 Å². The molecule has 0 unspecified atom stereocenters. The summed E-state index contributed by atoms with van der Waals surface area (Å²) in [4.78, 5) is 17.2. The highest BCUT2D eigenvalue weighted by molar-refractivity contribution is 7.12. The molecule has 0 aliphatic carbocycles. The summed E-state index contributed by atoms with van der Waals surface area (Å²) in [6, 6.07) is 5.30. The van der Waals surface area contributed by atoms with Crippen LogP contribution in [0.2, 0.25) is 0 Å². The predicted octanol–water partition coefficient (Wildman–Crippen LogP) is 3.36. The van der Waals surface area contributed by atoms with Gasteiger partial charge in [-0.05, 0) is 38.1 Å². The second-order valence-corrected chi connectivity index (χ2v) is 6.22.